The molecule has 0 atom stereocenters. The molecule has 0 saturated heterocycles. The Hall–Kier alpha value is -1.07. The van der Waals surface area contributed by atoms with Crippen LogP contribution in [0, 0.1) is 0 Å². The number of hydrogen-bond acceptors (Lipinski definition) is 4. The van der Waals surface area contributed by atoms with Gasteiger partial charge in [0.2, 0.25) is 0 Å². The van der Waals surface area contributed by atoms with Gasteiger partial charge in [0.15, 0.2) is 0 Å². The Morgan fingerprint density at radius 1 is 0.739 bits per heavy atom. The van der Waals surface area contributed by atoms with Gasteiger partial charge < -0.3 is 4.74 Å². The fourth-order valence-corrected chi connectivity index (χ4v) is 2.78. The quantitative estimate of drug-likeness (QED) is 0.367. The topological polar surface area (TPSA) is 52.6 Å². The van der Waals surface area contributed by atoms with Crippen LogP contribution < -0.4 is 4.74 Å². The molecule has 132 valence electrons. The lowest BCUT2D eigenvalue weighted by Crippen LogP contribution is -2.03. The summed E-state index contributed by atoms with van der Waals surface area (Å²) in [6.45, 7) is 1.12. The Balaban J connectivity index is 1.78. The van der Waals surface area contributed by atoms with Gasteiger partial charge in [-0.3, -0.25) is 4.18 Å². The van der Waals surface area contributed by atoms with Gasteiger partial charge in [0, 0.05) is 0 Å². The first-order chi connectivity index (χ1) is 11.1. The van der Waals surface area contributed by atoms with Crippen LogP contribution in [-0.4, -0.2) is 27.9 Å². The standard InChI is InChI=1S/C18H30O4S/c1-23(19,20)22-17-13-8-6-4-2-3-5-7-12-16-21-18-14-10-9-11-15-18/h9-11,14-15H,2-8,12-13,16-17H2,1H3. The van der Waals surface area contributed by atoms with Crippen molar-refractivity contribution >= 4 is 10.1 Å². The monoisotopic (exact) mass is 342 g/mol. The molecule has 0 heterocycles. The van der Waals surface area contributed by atoms with Crippen LogP contribution in [0.2, 0.25) is 0 Å². The maximum atomic E-state index is 10.8. The van der Waals surface area contributed by atoms with E-state index in [2.05, 4.69) is 0 Å². The van der Waals surface area contributed by atoms with Crippen LogP contribution in [0.4, 0.5) is 0 Å². The van der Waals surface area contributed by atoms with E-state index in [4.69, 9.17) is 8.92 Å². The largest absolute Gasteiger partial charge is 0.494 e. The van der Waals surface area contributed by atoms with Crippen molar-refractivity contribution in [1.29, 1.82) is 0 Å². The third-order valence-electron chi connectivity index (χ3n) is 3.60. The average molecular weight is 343 g/mol. The Labute approximate surface area is 141 Å². The zero-order valence-electron chi connectivity index (χ0n) is 14.2. The second-order valence-electron chi connectivity index (χ2n) is 5.87. The first kappa shape index (κ1) is 20.0. The highest BCUT2D eigenvalue weighted by molar-refractivity contribution is 7.85. The summed E-state index contributed by atoms with van der Waals surface area (Å²) in [5.41, 5.74) is 0. The molecule has 0 radical (unpaired) electrons. The van der Waals surface area contributed by atoms with Gasteiger partial charge in [-0.1, -0.05) is 63.1 Å². The van der Waals surface area contributed by atoms with Gasteiger partial charge in [-0.05, 0) is 25.0 Å². The van der Waals surface area contributed by atoms with Gasteiger partial charge in [0.25, 0.3) is 10.1 Å². The van der Waals surface area contributed by atoms with Crippen LogP contribution in [0.25, 0.3) is 0 Å². The summed E-state index contributed by atoms with van der Waals surface area (Å²) in [7, 11) is -3.26. The third-order valence-corrected chi connectivity index (χ3v) is 4.19. The highest BCUT2D eigenvalue weighted by atomic mass is 32.2. The van der Waals surface area contributed by atoms with Gasteiger partial charge in [0.1, 0.15) is 5.75 Å². The molecule has 0 spiro atoms. The predicted molar refractivity (Wildman–Crippen MR) is 94.3 cm³/mol. The third kappa shape index (κ3) is 13.1. The smallest absolute Gasteiger partial charge is 0.264 e. The van der Waals surface area contributed by atoms with E-state index in [-0.39, 0.29) is 0 Å². The van der Waals surface area contributed by atoms with E-state index < -0.39 is 10.1 Å². The van der Waals surface area contributed by atoms with Crippen molar-refractivity contribution in [3.05, 3.63) is 30.3 Å². The van der Waals surface area contributed by atoms with Gasteiger partial charge in [-0.15, -0.1) is 0 Å². The van der Waals surface area contributed by atoms with Crippen LogP contribution in [-0.2, 0) is 14.3 Å². The van der Waals surface area contributed by atoms with Crippen LogP contribution in [0.3, 0.4) is 0 Å². The van der Waals surface area contributed by atoms with Crippen molar-refractivity contribution in [3.8, 4) is 5.75 Å². The maximum Gasteiger partial charge on any atom is 0.264 e. The summed E-state index contributed by atoms with van der Waals surface area (Å²) in [5, 5.41) is 0. The molecule has 0 N–H and O–H groups in total. The van der Waals surface area contributed by atoms with Crippen molar-refractivity contribution in [2.45, 2.75) is 57.8 Å². The maximum absolute atomic E-state index is 10.8. The van der Waals surface area contributed by atoms with Crippen molar-refractivity contribution in [2.75, 3.05) is 19.5 Å². The van der Waals surface area contributed by atoms with Crippen molar-refractivity contribution in [3.63, 3.8) is 0 Å². The van der Waals surface area contributed by atoms with Crippen LogP contribution >= 0.6 is 0 Å². The molecule has 0 fully saturated rings. The zero-order chi connectivity index (χ0) is 16.8. The lowest BCUT2D eigenvalue weighted by Gasteiger charge is -2.06. The molecule has 0 bridgehead atoms. The summed E-state index contributed by atoms with van der Waals surface area (Å²) in [6.07, 6.45) is 11.5. The molecule has 0 aliphatic heterocycles. The highest BCUT2D eigenvalue weighted by Gasteiger charge is 2.00. The highest BCUT2D eigenvalue weighted by Crippen LogP contribution is 2.12. The molecule has 0 aromatic heterocycles. The number of rotatable bonds is 14. The zero-order valence-corrected chi connectivity index (χ0v) is 15.0. The van der Waals surface area contributed by atoms with E-state index in [0.717, 1.165) is 44.3 Å². The molecule has 0 aliphatic carbocycles. The summed E-state index contributed by atoms with van der Waals surface area (Å²) >= 11 is 0. The predicted octanol–water partition coefficient (Wildman–Crippen LogP) is 4.55. The SMILES string of the molecule is CS(=O)(=O)OCCCCCCCCCCCOc1ccccc1. The molecule has 0 amide bonds. The lowest BCUT2D eigenvalue weighted by atomic mass is 10.1. The summed E-state index contributed by atoms with van der Waals surface area (Å²) in [4.78, 5) is 0. The molecular weight excluding hydrogens is 312 g/mol. The fourth-order valence-electron chi connectivity index (χ4n) is 2.36. The lowest BCUT2D eigenvalue weighted by molar-refractivity contribution is 0.304. The number of hydrogen-bond donors (Lipinski definition) is 0. The van der Waals surface area contributed by atoms with E-state index in [1.807, 2.05) is 30.3 Å². The van der Waals surface area contributed by atoms with Crippen molar-refractivity contribution in [2.24, 2.45) is 0 Å². The van der Waals surface area contributed by atoms with Crippen molar-refractivity contribution < 1.29 is 17.3 Å². The van der Waals surface area contributed by atoms with Gasteiger partial charge in [-0.2, -0.15) is 8.42 Å². The van der Waals surface area contributed by atoms with Crippen molar-refractivity contribution in [1.82, 2.24) is 0 Å². The summed E-state index contributed by atoms with van der Waals surface area (Å²) < 4.78 is 31.9. The number of para-hydroxylation sites is 1. The van der Waals surface area contributed by atoms with E-state index in [9.17, 15) is 8.42 Å². The Morgan fingerprint density at radius 2 is 1.22 bits per heavy atom. The van der Waals surface area contributed by atoms with Crippen LogP contribution in [0.15, 0.2) is 30.3 Å². The van der Waals surface area contributed by atoms with E-state index in [0.29, 0.717) is 6.61 Å². The Kier molecular flexibility index (Phi) is 10.7. The van der Waals surface area contributed by atoms with Gasteiger partial charge >= 0.3 is 0 Å². The van der Waals surface area contributed by atoms with Crippen LogP contribution in [0.5, 0.6) is 5.75 Å². The molecule has 5 heteroatoms. The molecular formula is C18H30O4S. The second kappa shape index (κ2) is 12.4. The molecule has 1 aromatic carbocycles. The molecule has 23 heavy (non-hydrogen) atoms. The molecule has 0 aliphatic rings. The number of ether oxygens (including phenoxy) is 1. The van der Waals surface area contributed by atoms with Crippen LogP contribution in [0.1, 0.15) is 57.8 Å². The van der Waals surface area contributed by atoms with Gasteiger partial charge in [-0.25, -0.2) is 0 Å². The normalized spacial score (nSPS) is 11.5. The molecule has 1 rings (SSSR count). The number of benzene rings is 1. The Morgan fingerprint density at radius 3 is 1.74 bits per heavy atom. The summed E-state index contributed by atoms with van der Waals surface area (Å²) in [5.74, 6) is 0.951. The first-order valence-corrected chi connectivity index (χ1v) is 10.4. The molecule has 0 unspecified atom stereocenters. The van der Waals surface area contributed by atoms with E-state index in [1.54, 1.807) is 0 Å². The van der Waals surface area contributed by atoms with E-state index >= 15 is 0 Å². The molecule has 0 saturated carbocycles. The minimum atomic E-state index is -3.26. The Bertz CT molecular complexity index is 485. The fraction of sp³-hybridized carbons (Fsp3) is 0.667. The van der Waals surface area contributed by atoms with Gasteiger partial charge in [0.05, 0.1) is 19.5 Å². The molecule has 4 nitrogen and oxygen atoms in total. The molecule has 1 aromatic rings. The minimum absolute atomic E-state index is 0.320. The summed E-state index contributed by atoms with van der Waals surface area (Å²) in [6, 6.07) is 9.94. The number of unbranched alkanes of at least 4 members (excludes halogenated alkanes) is 8. The first-order valence-electron chi connectivity index (χ1n) is 8.60. The minimum Gasteiger partial charge on any atom is -0.494 e. The van der Waals surface area contributed by atoms with E-state index in [1.165, 1.54) is 32.1 Å². The average Bonchev–Trinajstić information content (AvgIpc) is 2.52. The second-order valence-corrected chi connectivity index (χ2v) is 7.51.